The van der Waals surface area contributed by atoms with Crippen molar-refractivity contribution in [2.24, 2.45) is 0 Å². The highest BCUT2D eigenvalue weighted by molar-refractivity contribution is 5.85. The van der Waals surface area contributed by atoms with Crippen LogP contribution >= 0.6 is 0 Å². The van der Waals surface area contributed by atoms with Gasteiger partial charge < -0.3 is 14.4 Å². The molecule has 1 aliphatic heterocycles. The second-order valence-corrected chi connectivity index (χ2v) is 9.75. The first kappa shape index (κ1) is 23.0. The molecular formula is C30H26N2O5. The smallest absolute Gasteiger partial charge is 0.410 e. The number of benzene rings is 3. The van der Waals surface area contributed by atoms with Crippen molar-refractivity contribution in [3.8, 4) is 22.5 Å². The summed E-state index contributed by atoms with van der Waals surface area (Å²) in [4.78, 5) is 25.9. The fourth-order valence-corrected chi connectivity index (χ4v) is 5.10. The van der Waals surface area contributed by atoms with E-state index in [-0.39, 0.29) is 12.1 Å². The van der Waals surface area contributed by atoms with Gasteiger partial charge in [-0.1, -0.05) is 84.0 Å². The molecule has 4 aromatic rings. The van der Waals surface area contributed by atoms with Crippen LogP contribution in [-0.2, 0) is 21.5 Å². The molecule has 1 atom stereocenters. The molecule has 7 nitrogen and oxygen atoms in total. The van der Waals surface area contributed by atoms with Gasteiger partial charge in [-0.15, -0.1) is 0 Å². The Balaban J connectivity index is 1.24. The zero-order valence-electron chi connectivity index (χ0n) is 20.4. The SMILES string of the molecule is Cc1noc(-c2ccc(-c3ccc(C4(C(=O)O)CC4)cc3)cc2)c1CN1C(=O)OCC1c1ccccc1. The number of rotatable bonds is 7. The fraction of sp³-hybridized carbons (Fsp3) is 0.233. The van der Waals surface area contributed by atoms with Crippen LogP contribution in [0.4, 0.5) is 4.79 Å². The molecule has 1 saturated heterocycles. The zero-order valence-corrected chi connectivity index (χ0v) is 20.4. The fourth-order valence-electron chi connectivity index (χ4n) is 5.10. The molecule has 37 heavy (non-hydrogen) atoms. The number of nitrogens with zero attached hydrogens (tertiary/aromatic N) is 2. The Bertz CT molecular complexity index is 1450. The Morgan fingerprint density at radius 2 is 1.59 bits per heavy atom. The lowest BCUT2D eigenvalue weighted by molar-refractivity contribution is -0.140. The van der Waals surface area contributed by atoms with Crippen LogP contribution in [0.15, 0.2) is 83.4 Å². The number of amides is 1. The first-order valence-corrected chi connectivity index (χ1v) is 12.3. The molecule has 2 fully saturated rings. The molecule has 2 aliphatic rings. The Morgan fingerprint density at radius 1 is 0.973 bits per heavy atom. The van der Waals surface area contributed by atoms with E-state index in [0.29, 0.717) is 31.8 Å². The van der Waals surface area contributed by atoms with Gasteiger partial charge in [0, 0.05) is 11.1 Å². The second kappa shape index (κ2) is 8.92. The molecule has 1 unspecified atom stereocenters. The van der Waals surface area contributed by atoms with Crippen LogP contribution in [-0.4, -0.2) is 33.8 Å². The first-order chi connectivity index (χ1) is 18.0. The molecule has 1 amide bonds. The Labute approximate surface area is 214 Å². The normalized spacial score (nSPS) is 18.0. The number of carbonyl (C=O) groups is 2. The van der Waals surface area contributed by atoms with E-state index in [1.54, 1.807) is 4.90 Å². The monoisotopic (exact) mass is 494 g/mol. The zero-order chi connectivity index (χ0) is 25.6. The van der Waals surface area contributed by atoms with E-state index in [1.807, 2.05) is 85.8 Å². The van der Waals surface area contributed by atoms with Crippen molar-refractivity contribution in [2.45, 2.75) is 37.8 Å². The van der Waals surface area contributed by atoms with Gasteiger partial charge >= 0.3 is 12.1 Å². The number of ether oxygens (including phenoxy) is 1. The summed E-state index contributed by atoms with van der Waals surface area (Å²) in [6.45, 7) is 2.52. The molecule has 0 bridgehead atoms. The van der Waals surface area contributed by atoms with E-state index in [1.165, 1.54) is 0 Å². The largest absolute Gasteiger partial charge is 0.481 e. The van der Waals surface area contributed by atoms with Crippen LogP contribution in [0, 0.1) is 6.92 Å². The molecule has 1 N–H and O–H groups in total. The van der Waals surface area contributed by atoms with E-state index in [0.717, 1.165) is 39.1 Å². The van der Waals surface area contributed by atoms with Crippen LogP contribution in [0.25, 0.3) is 22.5 Å². The van der Waals surface area contributed by atoms with Crippen molar-refractivity contribution < 1.29 is 24.0 Å². The minimum absolute atomic E-state index is 0.169. The summed E-state index contributed by atoms with van der Waals surface area (Å²) < 4.78 is 11.1. The summed E-state index contributed by atoms with van der Waals surface area (Å²) in [6.07, 6.45) is 1.03. The van der Waals surface area contributed by atoms with Crippen LogP contribution < -0.4 is 0 Å². The van der Waals surface area contributed by atoms with E-state index in [9.17, 15) is 14.7 Å². The molecular weight excluding hydrogens is 468 g/mol. The third-order valence-electron chi connectivity index (χ3n) is 7.55. The maximum absolute atomic E-state index is 12.6. The minimum atomic E-state index is -0.750. The molecule has 7 heteroatoms. The summed E-state index contributed by atoms with van der Waals surface area (Å²) in [7, 11) is 0. The van der Waals surface area contributed by atoms with Gasteiger partial charge in [-0.3, -0.25) is 9.69 Å². The summed E-state index contributed by atoms with van der Waals surface area (Å²) in [5, 5.41) is 13.7. The van der Waals surface area contributed by atoms with Gasteiger partial charge in [0.15, 0.2) is 5.76 Å². The Kier molecular flexibility index (Phi) is 5.56. The number of aromatic nitrogens is 1. The quantitative estimate of drug-likeness (QED) is 0.332. The number of aliphatic carboxylic acids is 1. The number of aryl methyl sites for hydroxylation is 1. The maximum atomic E-state index is 12.6. The molecule has 6 rings (SSSR count). The average molecular weight is 495 g/mol. The lowest BCUT2D eigenvalue weighted by Crippen LogP contribution is -2.27. The van der Waals surface area contributed by atoms with E-state index in [4.69, 9.17) is 9.26 Å². The first-order valence-electron chi connectivity index (χ1n) is 12.3. The third kappa shape index (κ3) is 4.06. The topological polar surface area (TPSA) is 92.9 Å². The molecule has 3 aromatic carbocycles. The molecule has 0 radical (unpaired) electrons. The van der Waals surface area contributed by atoms with Crippen molar-refractivity contribution in [1.29, 1.82) is 0 Å². The van der Waals surface area contributed by atoms with Gasteiger partial charge in [-0.2, -0.15) is 0 Å². The van der Waals surface area contributed by atoms with Crippen molar-refractivity contribution in [3.05, 3.63) is 101 Å². The van der Waals surface area contributed by atoms with Crippen LogP contribution in [0.2, 0.25) is 0 Å². The van der Waals surface area contributed by atoms with Gasteiger partial charge in [-0.05, 0) is 42.0 Å². The van der Waals surface area contributed by atoms with E-state index < -0.39 is 11.4 Å². The number of carbonyl (C=O) groups excluding carboxylic acids is 1. The summed E-state index contributed by atoms with van der Waals surface area (Å²) in [6, 6.07) is 25.4. The number of carboxylic acid groups (broad SMARTS) is 1. The van der Waals surface area contributed by atoms with Crippen molar-refractivity contribution in [2.75, 3.05) is 6.61 Å². The molecule has 1 aromatic heterocycles. The van der Waals surface area contributed by atoms with Gasteiger partial charge in [-0.25, -0.2) is 4.79 Å². The highest BCUT2D eigenvalue weighted by Gasteiger charge is 2.51. The number of hydrogen-bond acceptors (Lipinski definition) is 5. The molecule has 186 valence electrons. The summed E-state index contributed by atoms with van der Waals surface area (Å²) in [5.74, 6) is -0.122. The van der Waals surface area contributed by atoms with E-state index in [2.05, 4.69) is 5.16 Å². The Morgan fingerprint density at radius 3 is 2.22 bits per heavy atom. The van der Waals surface area contributed by atoms with Gasteiger partial charge in [0.05, 0.1) is 23.7 Å². The van der Waals surface area contributed by atoms with Gasteiger partial charge in [0.2, 0.25) is 0 Å². The van der Waals surface area contributed by atoms with Crippen molar-refractivity contribution in [3.63, 3.8) is 0 Å². The maximum Gasteiger partial charge on any atom is 0.410 e. The van der Waals surface area contributed by atoms with Crippen molar-refractivity contribution in [1.82, 2.24) is 10.1 Å². The molecule has 1 saturated carbocycles. The van der Waals surface area contributed by atoms with Crippen LogP contribution in [0.5, 0.6) is 0 Å². The highest BCUT2D eigenvalue weighted by Crippen LogP contribution is 2.48. The highest BCUT2D eigenvalue weighted by atomic mass is 16.6. The van der Waals surface area contributed by atoms with E-state index >= 15 is 0 Å². The standard InChI is InChI=1S/C30H26N2O5/c1-19-25(17-32-26(18-36-29(32)35)22-5-3-2-4-6-22)27(37-31-19)23-9-7-20(8-10-23)21-11-13-24(14-12-21)30(15-16-30)28(33)34/h2-14,26H,15-18H2,1H3,(H,33,34). The molecule has 1 aliphatic carbocycles. The average Bonchev–Trinajstić information content (AvgIpc) is 3.57. The lowest BCUT2D eigenvalue weighted by atomic mass is 9.93. The minimum Gasteiger partial charge on any atom is -0.481 e. The van der Waals surface area contributed by atoms with Crippen molar-refractivity contribution >= 4 is 12.1 Å². The predicted molar refractivity (Wildman–Crippen MR) is 137 cm³/mol. The van der Waals surface area contributed by atoms with Gasteiger partial charge in [0.25, 0.3) is 0 Å². The summed E-state index contributed by atoms with van der Waals surface area (Å²) in [5.41, 5.74) is 5.64. The van der Waals surface area contributed by atoms with Crippen LogP contribution in [0.3, 0.4) is 0 Å². The second-order valence-electron chi connectivity index (χ2n) is 9.75. The van der Waals surface area contributed by atoms with Gasteiger partial charge in [0.1, 0.15) is 6.61 Å². The molecule has 2 heterocycles. The summed E-state index contributed by atoms with van der Waals surface area (Å²) >= 11 is 0. The Hall–Kier alpha value is -4.39. The van der Waals surface area contributed by atoms with Crippen LogP contribution in [0.1, 0.15) is 41.3 Å². The number of hydrogen-bond donors (Lipinski definition) is 1. The predicted octanol–water partition coefficient (Wildman–Crippen LogP) is 6.13. The third-order valence-corrected chi connectivity index (χ3v) is 7.55. The lowest BCUT2D eigenvalue weighted by Gasteiger charge is -2.21. The number of cyclic esters (lactones) is 1. The molecule has 0 spiro atoms. The number of carboxylic acids is 1.